The van der Waals surface area contributed by atoms with Gasteiger partial charge in [-0.15, -0.1) is 0 Å². The van der Waals surface area contributed by atoms with Gasteiger partial charge < -0.3 is 15.4 Å². The van der Waals surface area contributed by atoms with Gasteiger partial charge in [-0.1, -0.05) is 13.8 Å². The molecule has 0 atom stereocenters. The summed E-state index contributed by atoms with van der Waals surface area (Å²) < 4.78 is 5.32. The predicted molar refractivity (Wildman–Crippen MR) is 68.2 cm³/mol. The number of rotatable bonds is 2. The highest BCUT2D eigenvalue weighted by Crippen LogP contribution is 2.10. The molecule has 0 aromatic heterocycles. The Labute approximate surface area is 98.9 Å². The average Bonchev–Trinajstić information content (AvgIpc) is 2.33. The first-order valence-corrected chi connectivity index (χ1v) is 6.29. The molecular weight excluding hydrogens is 200 g/mol. The molecule has 3 heteroatoms. The molecule has 0 spiro atoms. The summed E-state index contributed by atoms with van der Waals surface area (Å²) in [6.07, 6.45) is 6.52. The minimum Gasteiger partial charge on any atom is -0.385 e. The second-order valence-electron chi connectivity index (χ2n) is 3.97. The number of allylic oxidation sites excluding steroid dienone is 2. The van der Waals surface area contributed by atoms with Crippen LogP contribution in [-0.4, -0.2) is 25.8 Å². The number of dihydropyridines is 1. The summed E-state index contributed by atoms with van der Waals surface area (Å²) in [5.41, 5.74) is 2.59. The summed E-state index contributed by atoms with van der Waals surface area (Å²) in [6.45, 7) is 8.83. The van der Waals surface area contributed by atoms with Crippen LogP contribution in [0.15, 0.2) is 23.5 Å². The highest BCUT2D eigenvalue weighted by molar-refractivity contribution is 5.25. The monoisotopic (exact) mass is 224 g/mol. The Hall–Kier alpha value is -0.960. The van der Waals surface area contributed by atoms with Crippen LogP contribution in [0.3, 0.4) is 0 Å². The van der Waals surface area contributed by atoms with Gasteiger partial charge in [0.25, 0.3) is 0 Å². The Morgan fingerprint density at radius 2 is 2.00 bits per heavy atom. The van der Waals surface area contributed by atoms with Crippen molar-refractivity contribution in [2.75, 3.05) is 19.8 Å². The van der Waals surface area contributed by atoms with Gasteiger partial charge in [-0.05, 0) is 37.6 Å². The first-order chi connectivity index (χ1) is 7.84. The summed E-state index contributed by atoms with van der Waals surface area (Å²) >= 11 is 0. The van der Waals surface area contributed by atoms with Crippen molar-refractivity contribution in [1.82, 2.24) is 10.6 Å². The molecule has 3 nitrogen and oxygen atoms in total. The highest BCUT2D eigenvalue weighted by Gasteiger charge is 2.14. The molecule has 92 valence electrons. The van der Waals surface area contributed by atoms with Gasteiger partial charge in [-0.25, -0.2) is 0 Å². The van der Waals surface area contributed by atoms with E-state index in [0.717, 1.165) is 32.6 Å². The minimum absolute atomic E-state index is 0.600. The number of nitrogens with one attached hydrogen (secondary N) is 2. The Bertz CT molecular complexity index is 253. The maximum atomic E-state index is 5.32. The first kappa shape index (κ1) is 13.1. The van der Waals surface area contributed by atoms with Crippen molar-refractivity contribution in [2.24, 2.45) is 0 Å². The van der Waals surface area contributed by atoms with E-state index in [2.05, 4.69) is 29.8 Å². The standard InChI is InChI=1S/C11H18N2O.C2H6/c1-9-6-11(8-12-7-9)13-10-2-4-14-5-3-10;1-2/h6-7,10,12-13H,2-5,8H2,1H3;1-2H3. The molecule has 0 saturated carbocycles. The number of hydrogen-bond acceptors (Lipinski definition) is 3. The summed E-state index contributed by atoms with van der Waals surface area (Å²) in [4.78, 5) is 0. The summed E-state index contributed by atoms with van der Waals surface area (Å²) in [5, 5.41) is 6.82. The fourth-order valence-corrected chi connectivity index (χ4v) is 1.89. The van der Waals surface area contributed by atoms with Gasteiger partial charge >= 0.3 is 0 Å². The van der Waals surface area contributed by atoms with Crippen LogP contribution in [0.2, 0.25) is 0 Å². The SMILES string of the molecule is CC.CC1=CNCC(NC2CCOCC2)=C1. The zero-order valence-corrected chi connectivity index (χ0v) is 10.7. The van der Waals surface area contributed by atoms with Crippen molar-refractivity contribution < 1.29 is 4.74 Å². The van der Waals surface area contributed by atoms with E-state index >= 15 is 0 Å². The summed E-state index contributed by atoms with van der Waals surface area (Å²) in [6, 6.07) is 0.600. The first-order valence-electron chi connectivity index (χ1n) is 6.29. The average molecular weight is 224 g/mol. The van der Waals surface area contributed by atoms with Gasteiger partial charge in [-0.3, -0.25) is 0 Å². The molecule has 2 rings (SSSR count). The van der Waals surface area contributed by atoms with Gasteiger partial charge in [0, 0.05) is 25.0 Å². The van der Waals surface area contributed by atoms with Crippen molar-refractivity contribution in [3.63, 3.8) is 0 Å². The van der Waals surface area contributed by atoms with Crippen LogP contribution in [0.25, 0.3) is 0 Å². The van der Waals surface area contributed by atoms with E-state index < -0.39 is 0 Å². The Morgan fingerprint density at radius 3 is 2.62 bits per heavy atom. The predicted octanol–water partition coefficient (Wildman–Crippen LogP) is 2.17. The summed E-state index contributed by atoms with van der Waals surface area (Å²) in [5.74, 6) is 0. The molecular formula is C13H24N2O. The smallest absolute Gasteiger partial charge is 0.0542 e. The van der Waals surface area contributed by atoms with Gasteiger partial charge in [0.05, 0.1) is 6.54 Å². The van der Waals surface area contributed by atoms with Gasteiger partial charge in [0.1, 0.15) is 0 Å². The lowest BCUT2D eigenvalue weighted by Crippen LogP contribution is -2.37. The van der Waals surface area contributed by atoms with Gasteiger partial charge in [0.2, 0.25) is 0 Å². The molecule has 2 N–H and O–H groups in total. The molecule has 0 radical (unpaired) electrons. The topological polar surface area (TPSA) is 33.3 Å². The molecule has 2 aliphatic rings. The molecule has 0 unspecified atom stereocenters. The third-order valence-electron chi connectivity index (χ3n) is 2.63. The van der Waals surface area contributed by atoms with E-state index in [4.69, 9.17) is 4.74 Å². The van der Waals surface area contributed by atoms with Crippen LogP contribution < -0.4 is 10.6 Å². The fourth-order valence-electron chi connectivity index (χ4n) is 1.89. The molecule has 2 aliphatic heterocycles. The van der Waals surface area contributed by atoms with E-state index in [0.29, 0.717) is 6.04 Å². The molecule has 0 aromatic carbocycles. The molecule has 0 bridgehead atoms. The van der Waals surface area contributed by atoms with E-state index in [1.54, 1.807) is 0 Å². The van der Waals surface area contributed by atoms with Crippen molar-refractivity contribution in [2.45, 2.75) is 39.7 Å². The van der Waals surface area contributed by atoms with Crippen molar-refractivity contribution in [3.8, 4) is 0 Å². The zero-order chi connectivity index (χ0) is 11.8. The Kier molecular flexibility index (Phi) is 6.01. The van der Waals surface area contributed by atoms with Crippen molar-refractivity contribution in [3.05, 3.63) is 23.5 Å². The van der Waals surface area contributed by atoms with E-state index in [9.17, 15) is 0 Å². The van der Waals surface area contributed by atoms with Crippen LogP contribution in [-0.2, 0) is 4.74 Å². The quantitative estimate of drug-likeness (QED) is 0.754. The second kappa shape index (κ2) is 7.34. The molecule has 2 heterocycles. The second-order valence-corrected chi connectivity index (χ2v) is 3.97. The molecule has 0 amide bonds. The Balaban J connectivity index is 0.000000606. The van der Waals surface area contributed by atoms with Crippen molar-refractivity contribution in [1.29, 1.82) is 0 Å². The van der Waals surface area contributed by atoms with Gasteiger partial charge in [-0.2, -0.15) is 0 Å². The normalized spacial score (nSPS) is 20.9. The lowest BCUT2D eigenvalue weighted by molar-refractivity contribution is 0.0802. The van der Waals surface area contributed by atoms with Crippen LogP contribution >= 0.6 is 0 Å². The molecule has 16 heavy (non-hydrogen) atoms. The Morgan fingerprint density at radius 1 is 1.31 bits per heavy atom. The maximum absolute atomic E-state index is 5.32. The van der Waals surface area contributed by atoms with E-state index in [-0.39, 0.29) is 0 Å². The van der Waals surface area contributed by atoms with E-state index in [1.165, 1.54) is 11.3 Å². The van der Waals surface area contributed by atoms with Crippen LogP contribution in [0, 0.1) is 0 Å². The third kappa shape index (κ3) is 4.27. The van der Waals surface area contributed by atoms with Gasteiger partial charge in [0.15, 0.2) is 0 Å². The number of hydrogen-bond donors (Lipinski definition) is 2. The summed E-state index contributed by atoms with van der Waals surface area (Å²) in [7, 11) is 0. The van der Waals surface area contributed by atoms with Crippen LogP contribution in [0.1, 0.15) is 33.6 Å². The molecule has 1 saturated heterocycles. The van der Waals surface area contributed by atoms with Crippen LogP contribution in [0.4, 0.5) is 0 Å². The van der Waals surface area contributed by atoms with Crippen molar-refractivity contribution >= 4 is 0 Å². The minimum atomic E-state index is 0.600. The largest absolute Gasteiger partial charge is 0.385 e. The lowest BCUT2D eigenvalue weighted by Gasteiger charge is -2.26. The molecule has 0 aromatic rings. The third-order valence-corrected chi connectivity index (χ3v) is 2.63. The highest BCUT2D eigenvalue weighted by atomic mass is 16.5. The lowest BCUT2D eigenvalue weighted by atomic mass is 10.1. The fraction of sp³-hybridized carbons (Fsp3) is 0.692. The zero-order valence-electron chi connectivity index (χ0n) is 10.7. The molecule has 1 fully saturated rings. The number of ether oxygens (including phenoxy) is 1. The van der Waals surface area contributed by atoms with Crippen LogP contribution in [0.5, 0.6) is 0 Å². The molecule has 0 aliphatic carbocycles. The van der Waals surface area contributed by atoms with E-state index in [1.807, 2.05) is 13.8 Å². The maximum Gasteiger partial charge on any atom is 0.0542 e.